The lowest BCUT2D eigenvalue weighted by molar-refractivity contribution is -0.148. The number of amides is 2. The number of ether oxygens (including phenoxy) is 1. The molecule has 0 radical (unpaired) electrons. The quantitative estimate of drug-likeness (QED) is 0.482. The standard InChI is InChI=1S/C28H32N2O5/c1-3-15-28(2,26(32)33)30-25(31)18-9-8-10-19(16-18)29-27(34)35-17-24-22-13-6-4-11-20(22)21-12-5-7-14-23(21)24/h4-8,10-14,18-19,24H,3,9,15-17H2,1-2H3,(H,29,34)(H,30,31)(H,32,33)/t18-,19-,28?/m1/s1. The molecular formula is C28H32N2O5. The third-order valence-corrected chi connectivity index (χ3v) is 6.97. The van der Waals surface area contributed by atoms with Crippen molar-refractivity contribution in [2.45, 2.75) is 57.0 Å². The highest BCUT2D eigenvalue weighted by Crippen LogP contribution is 2.44. The number of carboxylic acid groups (broad SMARTS) is 1. The van der Waals surface area contributed by atoms with Crippen LogP contribution in [0.25, 0.3) is 11.1 Å². The Hall–Kier alpha value is -3.61. The number of allylic oxidation sites excluding steroid dienone is 1. The topological polar surface area (TPSA) is 105 Å². The number of hydrogen-bond acceptors (Lipinski definition) is 4. The molecule has 7 nitrogen and oxygen atoms in total. The van der Waals surface area contributed by atoms with Gasteiger partial charge in [0.25, 0.3) is 0 Å². The van der Waals surface area contributed by atoms with Crippen LogP contribution in [0.3, 0.4) is 0 Å². The number of hydrogen-bond donors (Lipinski definition) is 3. The number of alkyl carbamates (subject to hydrolysis) is 1. The van der Waals surface area contributed by atoms with Gasteiger partial charge in [0.15, 0.2) is 0 Å². The average Bonchev–Trinajstić information content (AvgIpc) is 3.16. The van der Waals surface area contributed by atoms with Gasteiger partial charge in [0.05, 0.1) is 6.04 Å². The fourth-order valence-electron chi connectivity index (χ4n) is 5.10. The Labute approximate surface area is 205 Å². The normalized spacial score (nSPS) is 20.3. The van der Waals surface area contributed by atoms with E-state index in [1.807, 2.05) is 43.3 Å². The summed E-state index contributed by atoms with van der Waals surface area (Å²) in [6, 6.07) is 15.9. The van der Waals surface area contributed by atoms with Crippen molar-refractivity contribution in [1.29, 1.82) is 0 Å². The minimum atomic E-state index is -1.30. The summed E-state index contributed by atoms with van der Waals surface area (Å²) in [6.45, 7) is 3.63. The van der Waals surface area contributed by atoms with Crippen LogP contribution in [-0.2, 0) is 14.3 Å². The molecular weight excluding hydrogens is 444 g/mol. The summed E-state index contributed by atoms with van der Waals surface area (Å²) < 4.78 is 5.62. The van der Waals surface area contributed by atoms with E-state index in [9.17, 15) is 19.5 Å². The molecule has 2 amide bonds. The van der Waals surface area contributed by atoms with Gasteiger partial charge in [0.2, 0.25) is 5.91 Å². The molecule has 2 aliphatic carbocycles. The first-order valence-electron chi connectivity index (χ1n) is 12.2. The number of carbonyl (C=O) groups excluding carboxylic acids is 2. The molecule has 1 unspecified atom stereocenters. The number of carboxylic acids is 1. The summed E-state index contributed by atoms with van der Waals surface area (Å²) in [7, 11) is 0. The van der Waals surface area contributed by atoms with Gasteiger partial charge in [0, 0.05) is 11.8 Å². The maximum atomic E-state index is 12.8. The van der Waals surface area contributed by atoms with Gasteiger partial charge in [0.1, 0.15) is 12.1 Å². The molecule has 0 saturated carbocycles. The van der Waals surface area contributed by atoms with Crippen molar-refractivity contribution in [3.63, 3.8) is 0 Å². The predicted octanol–water partition coefficient (Wildman–Crippen LogP) is 4.62. The second-order valence-corrected chi connectivity index (χ2v) is 9.55. The zero-order valence-corrected chi connectivity index (χ0v) is 20.1. The Morgan fingerprint density at radius 1 is 1.06 bits per heavy atom. The molecule has 2 aromatic rings. The van der Waals surface area contributed by atoms with Gasteiger partial charge >= 0.3 is 12.1 Å². The maximum absolute atomic E-state index is 12.8. The molecule has 35 heavy (non-hydrogen) atoms. The number of fused-ring (bicyclic) bond motifs is 3. The largest absolute Gasteiger partial charge is 0.480 e. The van der Waals surface area contributed by atoms with Crippen molar-refractivity contribution in [1.82, 2.24) is 10.6 Å². The van der Waals surface area contributed by atoms with Crippen molar-refractivity contribution in [3.8, 4) is 11.1 Å². The van der Waals surface area contributed by atoms with Crippen LogP contribution in [-0.4, -0.2) is 41.3 Å². The van der Waals surface area contributed by atoms with Crippen LogP contribution < -0.4 is 10.6 Å². The second-order valence-electron chi connectivity index (χ2n) is 9.55. The maximum Gasteiger partial charge on any atom is 0.407 e. The SMILES string of the molecule is CCCC(C)(NC(=O)[C@@H]1CC=C[C@@H](NC(=O)OCC2c3ccccc3-c3ccccc32)C1)C(=O)O. The number of nitrogens with one attached hydrogen (secondary N) is 2. The Balaban J connectivity index is 1.34. The monoisotopic (exact) mass is 476 g/mol. The first-order chi connectivity index (χ1) is 16.8. The summed E-state index contributed by atoms with van der Waals surface area (Å²) in [5.74, 6) is -1.81. The third-order valence-electron chi connectivity index (χ3n) is 6.97. The predicted molar refractivity (Wildman–Crippen MR) is 133 cm³/mol. The molecule has 4 rings (SSSR count). The lowest BCUT2D eigenvalue weighted by Gasteiger charge is -2.30. The summed E-state index contributed by atoms with van der Waals surface area (Å²) in [6.07, 6.45) is 5.03. The molecule has 2 aliphatic rings. The third kappa shape index (κ3) is 5.24. The van der Waals surface area contributed by atoms with Crippen LogP contribution >= 0.6 is 0 Å². The van der Waals surface area contributed by atoms with Crippen LogP contribution in [0.1, 0.15) is 56.6 Å². The van der Waals surface area contributed by atoms with Crippen molar-refractivity contribution >= 4 is 18.0 Å². The van der Waals surface area contributed by atoms with Crippen LogP contribution in [0.5, 0.6) is 0 Å². The summed E-state index contributed by atoms with van der Waals surface area (Å²) in [4.78, 5) is 37.1. The van der Waals surface area contributed by atoms with Gasteiger partial charge in [-0.1, -0.05) is 74.0 Å². The van der Waals surface area contributed by atoms with E-state index in [4.69, 9.17) is 4.74 Å². The van der Waals surface area contributed by atoms with E-state index in [1.54, 1.807) is 0 Å². The van der Waals surface area contributed by atoms with E-state index in [1.165, 1.54) is 6.92 Å². The molecule has 0 spiro atoms. The second kappa shape index (κ2) is 10.3. The van der Waals surface area contributed by atoms with Gasteiger partial charge in [-0.2, -0.15) is 0 Å². The van der Waals surface area contributed by atoms with E-state index in [-0.39, 0.29) is 24.5 Å². The van der Waals surface area contributed by atoms with Gasteiger partial charge in [-0.05, 0) is 48.4 Å². The van der Waals surface area contributed by atoms with Crippen molar-refractivity contribution in [2.75, 3.05) is 6.61 Å². The Morgan fingerprint density at radius 3 is 2.29 bits per heavy atom. The van der Waals surface area contributed by atoms with E-state index < -0.39 is 23.5 Å². The lowest BCUT2D eigenvalue weighted by Crippen LogP contribution is -2.54. The van der Waals surface area contributed by atoms with Crippen LogP contribution in [0.4, 0.5) is 4.79 Å². The van der Waals surface area contributed by atoms with E-state index in [0.717, 1.165) is 22.3 Å². The molecule has 2 aromatic carbocycles. The fraction of sp³-hybridized carbons (Fsp3) is 0.393. The average molecular weight is 477 g/mol. The first-order valence-corrected chi connectivity index (χ1v) is 12.2. The minimum Gasteiger partial charge on any atom is -0.480 e. The van der Waals surface area contributed by atoms with Gasteiger partial charge in [-0.15, -0.1) is 0 Å². The van der Waals surface area contributed by atoms with Crippen molar-refractivity contribution in [2.24, 2.45) is 5.92 Å². The van der Waals surface area contributed by atoms with Gasteiger partial charge < -0.3 is 20.5 Å². The molecule has 0 bridgehead atoms. The van der Waals surface area contributed by atoms with E-state index in [0.29, 0.717) is 25.7 Å². The fourth-order valence-corrected chi connectivity index (χ4v) is 5.10. The van der Waals surface area contributed by atoms with Crippen molar-refractivity contribution < 1.29 is 24.2 Å². The van der Waals surface area contributed by atoms with E-state index >= 15 is 0 Å². The molecule has 0 heterocycles. The number of aliphatic carboxylic acids is 1. The number of carbonyl (C=O) groups is 3. The van der Waals surface area contributed by atoms with Gasteiger partial charge in [-0.3, -0.25) is 4.79 Å². The molecule has 0 aromatic heterocycles. The minimum absolute atomic E-state index is 0.0270. The highest BCUT2D eigenvalue weighted by molar-refractivity contribution is 5.88. The number of rotatable bonds is 8. The zero-order chi connectivity index (χ0) is 25.0. The van der Waals surface area contributed by atoms with Crippen LogP contribution in [0.15, 0.2) is 60.7 Å². The summed E-state index contributed by atoms with van der Waals surface area (Å²) in [5.41, 5.74) is 3.31. The van der Waals surface area contributed by atoms with Crippen molar-refractivity contribution in [3.05, 3.63) is 71.8 Å². The van der Waals surface area contributed by atoms with E-state index in [2.05, 4.69) is 34.9 Å². The molecule has 184 valence electrons. The number of benzene rings is 2. The van der Waals surface area contributed by atoms with Gasteiger partial charge in [-0.25, -0.2) is 9.59 Å². The molecule has 0 aliphatic heterocycles. The van der Waals surface area contributed by atoms with Crippen LogP contribution in [0, 0.1) is 5.92 Å². The van der Waals surface area contributed by atoms with Crippen LogP contribution in [0.2, 0.25) is 0 Å². The first kappa shape index (κ1) is 24.5. The smallest absolute Gasteiger partial charge is 0.407 e. The Morgan fingerprint density at radius 2 is 1.69 bits per heavy atom. The Kier molecular flexibility index (Phi) is 7.24. The summed E-state index contributed by atoms with van der Waals surface area (Å²) in [5, 5.41) is 15.1. The molecule has 7 heteroatoms. The highest BCUT2D eigenvalue weighted by atomic mass is 16.5. The highest BCUT2D eigenvalue weighted by Gasteiger charge is 2.37. The Bertz CT molecular complexity index is 1100. The molecule has 0 fully saturated rings. The zero-order valence-electron chi connectivity index (χ0n) is 20.1. The lowest BCUT2D eigenvalue weighted by atomic mass is 9.88. The molecule has 3 N–H and O–H groups in total. The molecule has 3 atom stereocenters. The summed E-state index contributed by atoms with van der Waals surface area (Å²) >= 11 is 0. The molecule has 0 saturated heterocycles.